The van der Waals surface area contributed by atoms with Crippen LogP contribution in [0.3, 0.4) is 0 Å². The second-order valence-electron chi connectivity index (χ2n) is 3.35. The largest absolute Gasteiger partial charge is 0.395 e. The molecule has 0 saturated heterocycles. The Morgan fingerprint density at radius 3 is 1.44 bits per heavy atom. The van der Waals surface area contributed by atoms with Crippen LogP contribution < -0.4 is 0 Å². The fourth-order valence-corrected chi connectivity index (χ4v) is 3.58. The quantitative estimate of drug-likeness (QED) is 0.601. The van der Waals surface area contributed by atoms with Gasteiger partial charge in [-0.2, -0.15) is 0 Å². The average Bonchev–Trinajstić information content (AvgIpc) is 2.38. The Labute approximate surface area is 107 Å². The van der Waals surface area contributed by atoms with E-state index >= 15 is 0 Å². The molecule has 0 saturated carbocycles. The van der Waals surface area contributed by atoms with E-state index in [2.05, 4.69) is 0 Å². The third-order valence-corrected chi connectivity index (χ3v) is 5.99. The molecule has 0 fully saturated rings. The second kappa shape index (κ2) is 8.40. The zero-order chi connectivity index (χ0) is 14.2. The second-order valence-corrected chi connectivity index (χ2v) is 7.82. The van der Waals surface area contributed by atoms with E-state index in [9.17, 15) is 9.13 Å². The van der Waals surface area contributed by atoms with E-state index < -0.39 is 15.2 Å². The molecular weight excluding hydrogens is 284 g/mol. The van der Waals surface area contributed by atoms with E-state index in [1.807, 2.05) is 0 Å². The van der Waals surface area contributed by atoms with Crippen molar-refractivity contribution in [3.63, 3.8) is 0 Å². The fraction of sp³-hybridized carbons (Fsp3) is 1.00. The van der Waals surface area contributed by atoms with Gasteiger partial charge < -0.3 is 23.2 Å². The van der Waals surface area contributed by atoms with E-state index in [4.69, 9.17) is 23.2 Å². The lowest BCUT2D eigenvalue weighted by Gasteiger charge is -2.27. The summed E-state index contributed by atoms with van der Waals surface area (Å²) in [7, 11) is -1.55. The molecule has 0 heterocycles. The zero-order valence-electron chi connectivity index (χ0n) is 11.1. The first-order valence-electron chi connectivity index (χ1n) is 5.13. The third-order valence-electron chi connectivity index (χ3n) is 2.28. The standard InChI is InChI=1S/C8H21NO7P2/c1-13-17(11,14-2)7-9(5-6-10)8-18(12,15-3)16-4/h10H,5-8H2,1-4H3. The lowest BCUT2D eigenvalue weighted by Crippen LogP contribution is -2.30. The van der Waals surface area contributed by atoms with Crippen LogP contribution in [0, 0.1) is 0 Å². The first kappa shape index (κ1) is 18.2. The van der Waals surface area contributed by atoms with E-state index in [1.54, 1.807) is 0 Å². The lowest BCUT2D eigenvalue weighted by molar-refractivity contribution is 0.192. The molecule has 0 atom stereocenters. The first-order chi connectivity index (χ1) is 8.38. The SMILES string of the molecule is COP(=O)(CN(CCO)CP(=O)(OC)OC)OC. The van der Waals surface area contributed by atoms with Crippen LogP contribution in [-0.4, -0.2) is 64.2 Å². The molecule has 0 aliphatic rings. The smallest absolute Gasteiger partial charge is 0.344 e. The highest BCUT2D eigenvalue weighted by atomic mass is 31.2. The number of hydrogen-bond acceptors (Lipinski definition) is 8. The number of aliphatic hydroxyl groups is 1. The molecule has 0 aliphatic heterocycles. The molecule has 0 aliphatic carbocycles. The van der Waals surface area contributed by atoms with Gasteiger partial charge in [-0.05, 0) is 0 Å². The van der Waals surface area contributed by atoms with Crippen molar-refractivity contribution in [2.75, 3.05) is 54.2 Å². The van der Waals surface area contributed by atoms with E-state index in [0.29, 0.717) is 0 Å². The molecule has 0 unspecified atom stereocenters. The van der Waals surface area contributed by atoms with Gasteiger partial charge in [-0.15, -0.1) is 0 Å². The van der Waals surface area contributed by atoms with Crippen LogP contribution in [0.4, 0.5) is 0 Å². The lowest BCUT2D eigenvalue weighted by atomic mass is 10.6. The van der Waals surface area contributed by atoms with Crippen molar-refractivity contribution >= 4 is 15.2 Å². The summed E-state index contributed by atoms with van der Waals surface area (Å²) in [5.41, 5.74) is 0. The summed E-state index contributed by atoms with van der Waals surface area (Å²) >= 11 is 0. The number of hydrogen-bond donors (Lipinski definition) is 1. The summed E-state index contributed by atoms with van der Waals surface area (Å²) in [5, 5.41) is 8.94. The van der Waals surface area contributed by atoms with Gasteiger partial charge in [0.2, 0.25) is 0 Å². The number of nitrogens with zero attached hydrogens (tertiary/aromatic N) is 1. The highest BCUT2D eigenvalue weighted by molar-refractivity contribution is 7.54. The van der Waals surface area contributed by atoms with Crippen molar-refractivity contribution in [2.45, 2.75) is 0 Å². The van der Waals surface area contributed by atoms with Crippen LogP contribution in [0.2, 0.25) is 0 Å². The molecule has 18 heavy (non-hydrogen) atoms. The van der Waals surface area contributed by atoms with Gasteiger partial charge >= 0.3 is 15.2 Å². The van der Waals surface area contributed by atoms with E-state index in [0.717, 1.165) is 0 Å². The van der Waals surface area contributed by atoms with E-state index in [-0.39, 0.29) is 25.7 Å². The molecule has 0 radical (unpaired) electrons. The maximum Gasteiger partial charge on any atom is 0.344 e. The minimum absolute atomic E-state index is 0.114. The first-order valence-corrected chi connectivity index (χ1v) is 8.58. The third kappa shape index (κ3) is 5.91. The molecule has 0 aromatic rings. The van der Waals surface area contributed by atoms with Crippen LogP contribution >= 0.6 is 15.2 Å². The summed E-state index contributed by atoms with van der Waals surface area (Å²) in [5.74, 6) is 0. The van der Waals surface area contributed by atoms with Gasteiger partial charge in [0.25, 0.3) is 0 Å². The molecule has 1 N–H and O–H groups in total. The Bertz CT molecular complexity index is 281. The Morgan fingerprint density at radius 2 is 1.22 bits per heavy atom. The molecule has 0 spiro atoms. The van der Waals surface area contributed by atoms with Gasteiger partial charge in [0.05, 0.1) is 6.61 Å². The molecule has 10 heteroatoms. The van der Waals surface area contributed by atoms with Crippen molar-refractivity contribution in [3.8, 4) is 0 Å². The maximum atomic E-state index is 12.0. The van der Waals surface area contributed by atoms with Crippen LogP contribution in [0.25, 0.3) is 0 Å². The molecule has 0 rings (SSSR count). The van der Waals surface area contributed by atoms with Gasteiger partial charge in [0.15, 0.2) is 0 Å². The normalized spacial score (nSPS) is 13.2. The summed E-state index contributed by atoms with van der Waals surface area (Å²) in [6.07, 6.45) is -0.228. The minimum Gasteiger partial charge on any atom is -0.395 e. The summed E-state index contributed by atoms with van der Waals surface area (Å²) in [6, 6.07) is 0. The molecular formula is C8H21NO7P2. The summed E-state index contributed by atoms with van der Waals surface area (Å²) in [6.45, 7) is -0.0473. The van der Waals surface area contributed by atoms with Gasteiger partial charge in [0, 0.05) is 35.0 Å². The van der Waals surface area contributed by atoms with Crippen molar-refractivity contribution < 1.29 is 32.3 Å². The fourth-order valence-electron chi connectivity index (χ4n) is 1.20. The van der Waals surface area contributed by atoms with Crippen LogP contribution in [0.15, 0.2) is 0 Å². The molecule has 110 valence electrons. The van der Waals surface area contributed by atoms with Crippen molar-refractivity contribution in [1.29, 1.82) is 0 Å². The highest BCUT2D eigenvalue weighted by Gasteiger charge is 2.31. The molecule has 8 nitrogen and oxygen atoms in total. The Morgan fingerprint density at radius 1 is 0.889 bits per heavy atom. The number of aliphatic hydroxyl groups excluding tert-OH is 1. The molecule has 0 aromatic heterocycles. The monoisotopic (exact) mass is 305 g/mol. The maximum absolute atomic E-state index is 12.0. The van der Waals surface area contributed by atoms with Crippen molar-refractivity contribution in [3.05, 3.63) is 0 Å². The van der Waals surface area contributed by atoms with Crippen LogP contribution in [0.1, 0.15) is 0 Å². The zero-order valence-corrected chi connectivity index (χ0v) is 12.9. The van der Waals surface area contributed by atoms with Gasteiger partial charge in [-0.25, -0.2) is 0 Å². The predicted molar refractivity (Wildman–Crippen MR) is 66.8 cm³/mol. The summed E-state index contributed by atoms with van der Waals surface area (Å²) < 4.78 is 43.1. The molecule has 0 amide bonds. The Kier molecular flexibility index (Phi) is 8.51. The summed E-state index contributed by atoms with van der Waals surface area (Å²) in [4.78, 5) is 1.45. The minimum atomic E-state index is -3.29. The van der Waals surface area contributed by atoms with Crippen LogP contribution in [0.5, 0.6) is 0 Å². The Balaban J connectivity index is 4.77. The van der Waals surface area contributed by atoms with Crippen LogP contribution in [-0.2, 0) is 27.2 Å². The average molecular weight is 305 g/mol. The van der Waals surface area contributed by atoms with Gasteiger partial charge in [-0.1, -0.05) is 0 Å². The van der Waals surface area contributed by atoms with Crippen molar-refractivity contribution in [2.24, 2.45) is 0 Å². The highest BCUT2D eigenvalue weighted by Crippen LogP contribution is 2.51. The molecule has 0 aromatic carbocycles. The van der Waals surface area contributed by atoms with E-state index in [1.165, 1.54) is 33.3 Å². The van der Waals surface area contributed by atoms with Gasteiger partial charge in [0.1, 0.15) is 12.6 Å². The Hall–Kier alpha value is 0.220. The van der Waals surface area contributed by atoms with Crippen molar-refractivity contribution in [1.82, 2.24) is 4.90 Å². The predicted octanol–water partition coefficient (Wildman–Crippen LogP) is 1.17. The number of rotatable bonds is 10. The molecule has 0 bridgehead atoms. The van der Waals surface area contributed by atoms with Gasteiger partial charge in [-0.3, -0.25) is 14.0 Å². The topological polar surface area (TPSA) is 94.5 Å².